The molecule has 2 aromatic rings. The average molecular weight is 307 g/mol. The van der Waals surface area contributed by atoms with Gasteiger partial charge in [0, 0.05) is 0 Å². The molecular formula is C10H5ClF2N2O3S. The molecule has 0 saturated heterocycles. The number of nitrogens with zero attached hydrogens (tertiary/aromatic N) is 2. The third-order valence-corrected chi connectivity index (χ3v) is 3.06. The zero-order chi connectivity index (χ0) is 14.0. The molecule has 9 heteroatoms. The zero-order valence-electron chi connectivity index (χ0n) is 9.06. The molecule has 5 nitrogen and oxygen atoms in total. The van der Waals surface area contributed by atoms with E-state index in [9.17, 15) is 13.6 Å². The van der Waals surface area contributed by atoms with Crippen molar-refractivity contribution in [3.05, 3.63) is 28.8 Å². The fourth-order valence-corrected chi connectivity index (χ4v) is 1.82. The van der Waals surface area contributed by atoms with Crippen LogP contribution in [0, 0.1) is 11.6 Å². The van der Waals surface area contributed by atoms with Crippen molar-refractivity contribution in [2.24, 2.45) is 0 Å². The maximum atomic E-state index is 13.6. The van der Waals surface area contributed by atoms with Gasteiger partial charge in [-0.25, -0.2) is 8.78 Å². The lowest BCUT2D eigenvalue weighted by molar-refractivity contribution is -0.133. The van der Waals surface area contributed by atoms with Gasteiger partial charge in [0.05, 0.1) is 10.6 Å². The maximum Gasteiger partial charge on any atom is 0.314 e. The van der Waals surface area contributed by atoms with Gasteiger partial charge in [-0.3, -0.25) is 4.79 Å². The second kappa shape index (κ2) is 5.54. The summed E-state index contributed by atoms with van der Waals surface area (Å²) in [5.74, 6) is -3.23. The molecule has 0 amide bonds. The van der Waals surface area contributed by atoms with Crippen LogP contribution in [0.25, 0.3) is 11.5 Å². The summed E-state index contributed by atoms with van der Waals surface area (Å²) in [4.78, 5) is 10.4. The van der Waals surface area contributed by atoms with E-state index in [0.717, 1.165) is 23.9 Å². The average Bonchev–Trinajstić information content (AvgIpc) is 2.80. The molecule has 1 aromatic heterocycles. The molecule has 0 aliphatic heterocycles. The van der Waals surface area contributed by atoms with E-state index >= 15 is 0 Å². The predicted octanol–water partition coefficient (Wildman–Crippen LogP) is 2.84. The Bertz CT molecular complexity index is 635. The van der Waals surface area contributed by atoms with Crippen molar-refractivity contribution in [2.45, 2.75) is 5.22 Å². The molecular weight excluding hydrogens is 302 g/mol. The van der Waals surface area contributed by atoms with Gasteiger partial charge in [0.2, 0.25) is 0 Å². The Labute approximate surface area is 114 Å². The minimum atomic E-state index is -1.06. The van der Waals surface area contributed by atoms with Crippen LogP contribution in [0.15, 0.2) is 21.8 Å². The number of thioether (sulfide) groups is 1. The number of hydrogen-bond donors (Lipinski definition) is 1. The predicted molar refractivity (Wildman–Crippen MR) is 63.0 cm³/mol. The standard InChI is InChI=1S/C10H5ClF2N2O3S/c11-5-2-6(12)4(1-7(5)13)9-14-15-10(18-9)19-3-8(16)17/h1-2H,3H2,(H,16,17). The minimum absolute atomic E-state index is 0.0489. The maximum absolute atomic E-state index is 13.6. The van der Waals surface area contributed by atoms with E-state index in [1.165, 1.54) is 0 Å². The molecule has 0 aliphatic carbocycles. The molecule has 0 atom stereocenters. The van der Waals surface area contributed by atoms with Gasteiger partial charge in [-0.05, 0) is 12.1 Å². The number of carboxylic acid groups (broad SMARTS) is 1. The third-order valence-electron chi connectivity index (χ3n) is 1.97. The van der Waals surface area contributed by atoms with E-state index in [-0.39, 0.29) is 27.5 Å². The van der Waals surface area contributed by atoms with Crippen molar-refractivity contribution < 1.29 is 23.1 Å². The molecule has 0 aliphatic rings. The second-order valence-electron chi connectivity index (χ2n) is 3.30. The Kier molecular flexibility index (Phi) is 4.01. The number of carboxylic acids is 1. The van der Waals surface area contributed by atoms with Crippen LogP contribution < -0.4 is 0 Å². The van der Waals surface area contributed by atoms with Crippen LogP contribution in [-0.2, 0) is 4.79 Å². The number of hydrogen-bond acceptors (Lipinski definition) is 5. The molecule has 100 valence electrons. The van der Waals surface area contributed by atoms with Gasteiger partial charge in [-0.2, -0.15) is 0 Å². The Morgan fingerprint density at radius 1 is 1.37 bits per heavy atom. The number of halogens is 3. The molecule has 0 spiro atoms. The van der Waals surface area contributed by atoms with Crippen molar-refractivity contribution in [3.63, 3.8) is 0 Å². The first-order valence-corrected chi connectivity index (χ1v) is 6.16. The Morgan fingerprint density at radius 2 is 2.11 bits per heavy atom. The Hall–Kier alpha value is -1.67. The van der Waals surface area contributed by atoms with Crippen LogP contribution in [0.3, 0.4) is 0 Å². The summed E-state index contributed by atoms with van der Waals surface area (Å²) in [5, 5.41) is 15.1. The number of benzene rings is 1. The van der Waals surface area contributed by atoms with Crippen LogP contribution in [-0.4, -0.2) is 27.0 Å². The number of aliphatic carboxylic acids is 1. The fraction of sp³-hybridized carbons (Fsp3) is 0.100. The molecule has 2 rings (SSSR count). The van der Waals surface area contributed by atoms with Gasteiger partial charge >= 0.3 is 5.97 Å². The first-order valence-electron chi connectivity index (χ1n) is 4.80. The summed E-state index contributed by atoms with van der Waals surface area (Å²) < 4.78 is 31.8. The lowest BCUT2D eigenvalue weighted by Crippen LogP contribution is -1.97. The summed E-state index contributed by atoms with van der Waals surface area (Å²) in [6.45, 7) is 0. The van der Waals surface area contributed by atoms with Crippen LogP contribution in [0.5, 0.6) is 0 Å². The van der Waals surface area contributed by atoms with E-state index in [0.29, 0.717) is 0 Å². The van der Waals surface area contributed by atoms with Crippen LogP contribution in [0.2, 0.25) is 5.02 Å². The molecule has 1 aromatic carbocycles. The Morgan fingerprint density at radius 3 is 2.79 bits per heavy atom. The summed E-state index contributed by atoms with van der Waals surface area (Å²) >= 11 is 6.19. The minimum Gasteiger partial charge on any atom is -0.481 e. The van der Waals surface area contributed by atoms with Crippen LogP contribution in [0.4, 0.5) is 8.78 Å². The van der Waals surface area contributed by atoms with E-state index in [1.54, 1.807) is 0 Å². The first kappa shape index (κ1) is 13.8. The molecule has 0 fully saturated rings. The van der Waals surface area contributed by atoms with Crippen molar-refractivity contribution in [1.82, 2.24) is 10.2 Å². The second-order valence-corrected chi connectivity index (χ2v) is 4.64. The SMILES string of the molecule is O=C(O)CSc1nnc(-c2cc(F)c(Cl)cc2F)o1. The molecule has 1 heterocycles. The summed E-state index contributed by atoms with van der Waals surface area (Å²) in [6.07, 6.45) is 0. The number of carbonyl (C=O) groups is 1. The zero-order valence-corrected chi connectivity index (χ0v) is 10.6. The van der Waals surface area contributed by atoms with Gasteiger partial charge in [-0.15, -0.1) is 10.2 Å². The third kappa shape index (κ3) is 3.21. The Balaban J connectivity index is 2.27. The number of aromatic nitrogens is 2. The summed E-state index contributed by atoms with van der Waals surface area (Å²) in [5.41, 5.74) is -0.239. The topological polar surface area (TPSA) is 76.2 Å². The van der Waals surface area contributed by atoms with Crippen molar-refractivity contribution in [3.8, 4) is 11.5 Å². The van der Waals surface area contributed by atoms with E-state index in [2.05, 4.69) is 10.2 Å². The molecule has 19 heavy (non-hydrogen) atoms. The number of rotatable bonds is 4. The molecule has 0 bridgehead atoms. The largest absolute Gasteiger partial charge is 0.481 e. The van der Waals surface area contributed by atoms with Crippen molar-refractivity contribution in [1.29, 1.82) is 0 Å². The van der Waals surface area contributed by atoms with Gasteiger partial charge in [0.15, 0.2) is 0 Å². The highest BCUT2D eigenvalue weighted by Crippen LogP contribution is 2.28. The van der Waals surface area contributed by atoms with Crippen molar-refractivity contribution >= 4 is 29.3 Å². The monoisotopic (exact) mass is 306 g/mol. The van der Waals surface area contributed by atoms with E-state index in [4.69, 9.17) is 21.1 Å². The van der Waals surface area contributed by atoms with Gasteiger partial charge in [-0.1, -0.05) is 23.4 Å². The lowest BCUT2D eigenvalue weighted by Gasteiger charge is -1.99. The van der Waals surface area contributed by atoms with Gasteiger partial charge in [0.1, 0.15) is 17.4 Å². The first-order chi connectivity index (χ1) is 8.97. The smallest absolute Gasteiger partial charge is 0.314 e. The summed E-state index contributed by atoms with van der Waals surface area (Å²) in [6, 6.07) is 1.62. The van der Waals surface area contributed by atoms with Gasteiger partial charge in [0.25, 0.3) is 11.1 Å². The molecule has 0 saturated carbocycles. The van der Waals surface area contributed by atoms with Gasteiger partial charge < -0.3 is 9.52 Å². The fourth-order valence-electron chi connectivity index (χ4n) is 1.19. The van der Waals surface area contributed by atoms with Crippen LogP contribution in [0.1, 0.15) is 0 Å². The summed E-state index contributed by atoms with van der Waals surface area (Å²) in [7, 11) is 0. The quantitative estimate of drug-likeness (QED) is 0.691. The normalized spacial score (nSPS) is 10.7. The van der Waals surface area contributed by atoms with Crippen molar-refractivity contribution in [2.75, 3.05) is 5.75 Å². The highest BCUT2D eigenvalue weighted by molar-refractivity contribution is 7.99. The molecule has 0 radical (unpaired) electrons. The van der Waals surface area contributed by atoms with E-state index < -0.39 is 17.6 Å². The molecule has 0 unspecified atom stereocenters. The van der Waals surface area contributed by atoms with E-state index in [1.807, 2.05) is 0 Å². The lowest BCUT2D eigenvalue weighted by atomic mass is 10.2. The highest BCUT2D eigenvalue weighted by atomic mass is 35.5. The van der Waals surface area contributed by atoms with Crippen LogP contribution >= 0.6 is 23.4 Å². The highest BCUT2D eigenvalue weighted by Gasteiger charge is 2.16. The molecule has 1 N–H and O–H groups in total.